The molecule has 2 fully saturated rings. The van der Waals surface area contributed by atoms with Crippen LogP contribution in [0.25, 0.3) is 0 Å². The topological polar surface area (TPSA) is 67.9 Å². The zero-order valence-corrected chi connectivity index (χ0v) is 11.0. The van der Waals surface area contributed by atoms with Crippen molar-refractivity contribution in [1.29, 1.82) is 0 Å². The molecule has 2 amide bonds. The Bertz CT molecular complexity index is 513. The standard InChI is InChI=1S/C14H16N2O4/c17-12-6-16(14(8-15-12)9-19-10-14)13(18)20-7-11-4-2-1-3-5-11/h1-5H,6-10H2,(H,15,17). The minimum atomic E-state index is -0.466. The molecule has 1 spiro atoms. The van der Waals surface area contributed by atoms with Crippen molar-refractivity contribution < 1.29 is 19.1 Å². The summed E-state index contributed by atoms with van der Waals surface area (Å²) in [5.41, 5.74) is 0.489. The van der Waals surface area contributed by atoms with Crippen LogP contribution in [0, 0.1) is 0 Å². The molecule has 0 radical (unpaired) electrons. The highest BCUT2D eigenvalue weighted by molar-refractivity contribution is 5.84. The lowest BCUT2D eigenvalue weighted by Gasteiger charge is -2.50. The Morgan fingerprint density at radius 2 is 2.10 bits per heavy atom. The number of nitrogens with one attached hydrogen (secondary N) is 1. The van der Waals surface area contributed by atoms with E-state index < -0.39 is 11.6 Å². The monoisotopic (exact) mass is 276 g/mol. The fourth-order valence-corrected chi connectivity index (χ4v) is 2.38. The maximum atomic E-state index is 12.2. The van der Waals surface area contributed by atoms with Gasteiger partial charge in [-0.25, -0.2) is 4.79 Å². The Kier molecular flexibility index (Phi) is 3.31. The predicted molar refractivity (Wildman–Crippen MR) is 69.9 cm³/mol. The first-order valence-electron chi connectivity index (χ1n) is 6.52. The summed E-state index contributed by atoms with van der Waals surface area (Å²) in [6, 6.07) is 9.45. The summed E-state index contributed by atoms with van der Waals surface area (Å²) < 4.78 is 10.5. The fourth-order valence-electron chi connectivity index (χ4n) is 2.38. The molecular formula is C14H16N2O4. The second kappa shape index (κ2) is 5.13. The maximum absolute atomic E-state index is 12.2. The van der Waals surface area contributed by atoms with E-state index in [1.165, 1.54) is 4.90 Å². The second-order valence-corrected chi connectivity index (χ2v) is 5.12. The van der Waals surface area contributed by atoms with Gasteiger partial charge in [-0.05, 0) is 5.56 Å². The van der Waals surface area contributed by atoms with Gasteiger partial charge in [0.25, 0.3) is 0 Å². The SMILES string of the molecule is O=C1CN(C(=O)OCc2ccccc2)C2(CN1)COC2. The predicted octanol–water partition coefficient (Wildman–Crippen LogP) is 0.524. The van der Waals surface area contributed by atoms with Crippen molar-refractivity contribution in [2.24, 2.45) is 0 Å². The van der Waals surface area contributed by atoms with Crippen LogP contribution < -0.4 is 5.32 Å². The van der Waals surface area contributed by atoms with E-state index in [1.54, 1.807) is 0 Å². The highest BCUT2D eigenvalue weighted by Gasteiger charge is 2.50. The minimum Gasteiger partial charge on any atom is -0.445 e. The summed E-state index contributed by atoms with van der Waals surface area (Å²) in [4.78, 5) is 25.2. The molecule has 0 atom stereocenters. The van der Waals surface area contributed by atoms with Crippen molar-refractivity contribution in [3.05, 3.63) is 35.9 Å². The van der Waals surface area contributed by atoms with E-state index in [0.29, 0.717) is 19.8 Å². The lowest BCUT2D eigenvalue weighted by atomic mass is 9.93. The summed E-state index contributed by atoms with van der Waals surface area (Å²) in [6.07, 6.45) is -0.466. The van der Waals surface area contributed by atoms with Gasteiger partial charge >= 0.3 is 6.09 Å². The van der Waals surface area contributed by atoms with Crippen LogP contribution in [0.5, 0.6) is 0 Å². The maximum Gasteiger partial charge on any atom is 0.411 e. The molecule has 20 heavy (non-hydrogen) atoms. The van der Waals surface area contributed by atoms with E-state index in [0.717, 1.165) is 5.56 Å². The van der Waals surface area contributed by atoms with Crippen LogP contribution in [-0.4, -0.2) is 48.7 Å². The normalized spacial score (nSPS) is 20.2. The second-order valence-electron chi connectivity index (χ2n) is 5.12. The smallest absolute Gasteiger partial charge is 0.411 e. The molecule has 106 valence electrons. The molecule has 0 unspecified atom stereocenters. The van der Waals surface area contributed by atoms with Gasteiger partial charge in [0.2, 0.25) is 5.91 Å². The van der Waals surface area contributed by atoms with E-state index in [4.69, 9.17) is 9.47 Å². The summed E-state index contributed by atoms with van der Waals surface area (Å²) in [7, 11) is 0. The Balaban J connectivity index is 1.64. The van der Waals surface area contributed by atoms with Gasteiger partial charge in [0.15, 0.2) is 0 Å². The van der Waals surface area contributed by atoms with Crippen LogP contribution in [0.2, 0.25) is 0 Å². The molecule has 6 heteroatoms. The molecule has 0 aliphatic carbocycles. The number of rotatable bonds is 2. The number of hydrogen-bond donors (Lipinski definition) is 1. The third-order valence-electron chi connectivity index (χ3n) is 3.66. The molecule has 0 aromatic heterocycles. The van der Waals surface area contributed by atoms with Crippen LogP contribution in [0.3, 0.4) is 0 Å². The van der Waals surface area contributed by atoms with Gasteiger partial charge in [-0.3, -0.25) is 9.69 Å². The lowest BCUT2D eigenvalue weighted by Crippen LogP contribution is -2.73. The zero-order valence-electron chi connectivity index (χ0n) is 11.0. The van der Waals surface area contributed by atoms with Gasteiger partial charge < -0.3 is 14.8 Å². The van der Waals surface area contributed by atoms with E-state index in [-0.39, 0.29) is 19.1 Å². The summed E-state index contributed by atoms with van der Waals surface area (Å²) >= 11 is 0. The summed E-state index contributed by atoms with van der Waals surface area (Å²) in [5.74, 6) is -0.167. The average molecular weight is 276 g/mol. The summed E-state index contributed by atoms with van der Waals surface area (Å²) in [6.45, 7) is 1.53. The third kappa shape index (κ3) is 2.34. The van der Waals surface area contributed by atoms with Crippen molar-refractivity contribution in [2.45, 2.75) is 12.1 Å². The van der Waals surface area contributed by atoms with E-state index >= 15 is 0 Å². The number of piperazine rings is 1. The molecule has 1 aromatic carbocycles. The number of amides is 2. The number of benzene rings is 1. The van der Waals surface area contributed by atoms with Crippen molar-refractivity contribution in [2.75, 3.05) is 26.3 Å². The number of carbonyl (C=O) groups excluding carboxylic acids is 2. The van der Waals surface area contributed by atoms with E-state index in [2.05, 4.69) is 5.32 Å². The number of ether oxygens (including phenoxy) is 2. The molecule has 2 saturated heterocycles. The average Bonchev–Trinajstić information content (AvgIpc) is 2.44. The zero-order chi connectivity index (χ0) is 14.0. The molecule has 2 heterocycles. The van der Waals surface area contributed by atoms with Crippen molar-refractivity contribution in [3.63, 3.8) is 0 Å². The van der Waals surface area contributed by atoms with Crippen LogP contribution >= 0.6 is 0 Å². The number of carbonyl (C=O) groups is 2. The van der Waals surface area contributed by atoms with Gasteiger partial charge in [-0.15, -0.1) is 0 Å². The summed E-state index contributed by atoms with van der Waals surface area (Å²) in [5, 5.41) is 2.77. The Hall–Kier alpha value is -2.08. The van der Waals surface area contributed by atoms with Gasteiger partial charge in [0, 0.05) is 6.54 Å². The third-order valence-corrected chi connectivity index (χ3v) is 3.66. The highest BCUT2D eigenvalue weighted by atomic mass is 16.6. The van der Waals surface area contributed by atoms with Crippen LogP contribution in [0.1, 0.15) is 5.56 Å². The van der Waals surface area contributed by atoms with Crippen LogP contribution in [0.4, 0.5) is 4.79 Å². The van der Waals surface area contributed by atoms with Crippen molar-refractivity contribution in [3.8, 4) is 0 Å². The van der Waals surface area contributed by atoms with Crippen molar-refractivity contribution in [1.82, 2.24) is 10.2 Å². The largest absolute Gasteiger partial charge is 0.445 e. The Labute approximate surface area is 116 Å². The molecule has 0 bridgehead atoms. The molecule has 1 N–H and O–H groups in total. The van der Waals surface area contributed by atoms with Crippen LogP contribution in [-0.2, 0) is 20.9 Å². The molecule has 2 aliphatic heterocycles. The lowest BCUT2D eigenvalue weighted by molar-refractivity contribution is -0.155. The van der Waals surface area contributed by atoms with Crippen molar-refractivity contribution >= 4 is 12.0 Å². The molecule has 6 nitrogen and oxygen atoms in total. The fraction of sp³-hybridized carbons (Fsp3) is 0.429. The molecule has 0 saturated carbocycles. The van der Waals surface area contributed by atoms with Gasteiger partial charge in [-0.2, -0.15) is 0 Å². The molecule has 3 rings (SSSR count). The highest BCUT2D eigenvalue weighted by Crippen LogP contribution is 2.27. The minimum absolute atomic E-state index is 0.0248. The Morgan fingerprint density at radius 3 is 2.75 bits per heavy atom. The molecule has 1 aromatic rings. The Morgan fingerprint density at radius 1 is 1.35 bits per heavy atom. The first kappa shape index (κ1) is 12.9. The quantitative estimate of drug-likeness (QED) is 0.855. The molecular weight excluding hydrogens is 260 g/mol. The van der Waals surface area contributed by atoms with Gasteiger partial charge in [-0.1, -0.05) is 30.3 Å². The first-order chi connectivity index (χ1) is 9.70. The van der Waals surface area contributed by atoms with Gasteiger partial charge in [0.1, 0.15) is 18.7 Å². The number of hydrogen-bond acceptors (Lipinski definition) is 4. The van der Waals surface area contributed by atoms with E-state index in [1.807, 2.05) is 30.3 Å². The van der Waals surface area contributed by atoms with Gasteiger partial charge in [0.05, 0.1) is 13.2 Å². The first-order valence-corrected chi connectivity index (χ1v) is 6.52. The molecule has 2 aliphatic rings. The van der Waals surface area contributed by atoms with E-state index in [9.17, 15) is 9.59 Å². The number of nitrogens with zero attached hydrogens (tertiary/aromatic N) is 1. The van der Waals surface area contributed by atoms with Crippen LogP contribution in [0.15, 0.2) is 30.3 Å².